The fourth-order valence-electron chi connectivity index (χ4n) is 1.64. The maximum absolute atomic E-state index is 12.2. The Morgan fingerprint density at radius 3 is 2.45 bits per heavy atom. The molecule has 0 radical (unpaired) electrons. The Kier molecular flexibility index (Phi) is 5.34. The second-order valence-electron chi connectivity index (χ2n) is 4.69. The van der Waals surface area contributed by atoms with E-state index in [0.29, 0.717) is 17.5 Å². The summed E-state index contributed by atoms with van der Waals surface area (Å²) < 4.78 is 24.4. The van der Waals surface area contributed by atoms with Crippen molar-refractivity contribution in [3.63, 3.8) is 0 Å². The van der Waals surface area contributed by atoms with E-state index in [2.05, 4.69) is 11.8 Å². The minimum atomic E-state index is -3.44. The van der Waals surface area contributed by atoms with Crippen LogP contribution < -0.4 is 0 Å². The van der Waals surface area contributed by atoms with Crippen molar-refractivity contribution in [3.8, 4) is 11.8 Å². The summed E-state index contributed by atoms with van der Waals surface area (Å²) in [6.45, 7) is 5.08. The van der Waals surface area contributed by atoms with Gasteiger partial charge in [0.25, 0.3) is 0 Å². The summed E-state index contributed by atoms with van der Waals surface area (Å²) in [6.07, 6.45) is 0.428. The second-order valence-corrected chi connectivity index (χ2v) is 7.19. The number of hydrogen-bond acceptors (Lipinski definition) is 3. The van der Waals surface area contributed by atoms with Crippen molar-refractivity contribution in [2.45, 2.75) is 43.8 Å². The van der Waals surface area contributed by atoms with Gasteiger partial charge in [-0.25, -0.2) is 8.42 Å². The molecule has 0 bridgehead atoms. The van der Waals surface area contributed by atoms with Gasteiger partial charge in [0, 0.05) is 12.0 Å². The van der Waals surface area contributed by atoms with E-state index in [1.807, 2.05) is 6.92 Å². The fraction of sp³-hybridized carbons (Fsp3) is 0.400. The van der Waals surface area contributed by atoms with Crippen molar-refractivity contribution >= 4 is 15.8 Å². The molecule has 0 unspecified atom stereocenters. The predicted molar refractivity (Wildman–Crippen MR) is 77.3 cm³/mol. The minimum absolute atomic E-state index is 0.131. The average molecular weight is 294 g/mol. The Balaban J connectivity index is 3.41. The van der Waals surface area contributed by atoms with Gasteiger partial charge in [-0.1, -0.05) is 18.8 Å². The lowest BCUT2D eigenvalue weighted by atomic mass is 10.1. The lowest BCUT2D eigenvalue weighted by Gasteiger charge is -2.10. The van der Waals surface area contributed by atoms with E-state index in [0.717, 1.165) is 0 Å². The Morgan fingerprint density at radius 2 is 1.95 bits per heavy atom. The first-order chi connectivity index (χ1) is 9.27. The quantitative estimate of drug-likeness (QED) is 0.865. The highest BCUT2D eigenvalue weighted by atomic mass is 32.2. The number of hydrogen-bond donors (Lipinski definition) is 1. The zero-order chi connectivity index (χ0) is 15.3. The number of carboxylic acid groups (broad SMARTS) is 1. The SMILES string of the molecule is CCC#Cc1cc(CC(=O)O)cc(S(=O)(=O)C(C)C)c1. The summed E-state index contributed by atoms with van der Waals surface area (Å²) in [6, 6.07) is 4.54. The maximum Gasteiger partial charge on any atom is 0.307 e. The number of aliphatic carboxylic acids is 1. The molecule has 5 heteroatoms. The fourth-order valence-corrected chi connectivity index (χ4v) is 2.79. The average Bonchev–Trinajstić information content (AvgIpc) is 2.35. The summed E-state index contributed by atoms with van der Waals surface area (Å²) in [7, 11) is -3.44. The van der Waals surface area contributed by atoms with Crippen LogP contribution in [0.3, 0.4) is 0 Å². The van der Waals surface area contributed by atoms with Crippen LogP contribution in [-0.2, 0) is 21.1 Å². The number of carbonyl (C=O) groups is 1. The molecule has 0 aromatic heterocycles. The second kappa shape index (κ2) is 6.58. The molecule has 0 aliphatic heterocycles. The Labute approximate surface area is 119 Å². The number of benzene rings is 1. The zero-order valence-corrected chi connectivity index (χ0v) is 12.6. The number of rotatable bonds is 4. The predicted octanol–water partition coefficient (Wildman–Crippen LogP) is 2.26. The van der Waals surface area contributed by atoms with Gasteiger partial charge in [0.15, 0.2) is 9.84 Å². The van der Waals surface area contributed by atoms with Crippen molar-refractivity contribution in [3.05, 3.63) is 29.3 Å². The van der Waals surface area contributed by atoms with Gasteiger partial charge in [0.1, 0.15) is 0 Å². The molecular weight excluding hydrogens is 276 g/mol. The van der Waals surface area contributed by atoms with Crippen molar-refractivity contribution < 1.29 is 18.3 Å². The lowest BCUT2D eigenvalue weighted by Crippen LogP contribution is -2.15. The van der Waals surface area contributed by atoms with Crippen molar-refractivity contribution in [2.24, 2.45) is 0 Å². The van der Waals surface area contributed by atoms with E-state index in [1.165, 1.54) is 12.1 Å². The monoisotopic (exact) mass is 294 g/mol. The molecule has 0 aliphatic rings. The molecule has 1 aromatic rings. The van der Waals surface area contributed by atoms with Crippen LogP contribution in [-0.4, -0.2) is 24.7 Å². The van der Waals surface area contributed by atoms with Crippen LogP contribution in [0.1, 0.15) is 38.3 Å². The van der Waals surface area contributed by atoms with Crippen LogP contribution in [0.25, 0.3) is 0 Å². The zero-order valence-electron chi connectivity index (χ0n) is 11.8. The Morgan fingerprint density at radius 1 is 1.30 bits per heavy atom. The molecule has 0 spiro atoms. The smallest absolute Gasteiger partial charge is 0.307 e. The van der Waals surface area contributed by atoms with Gasteiger partial charge in [-0.3, -0.25) is 4.79 Å². The largest absolute Gasteiger partial charge is 0.481 e. The molecule has 0 heterocycles. The molecular formula is C15H18O4S. The molecule has 0 saturated carbocycles. The van der Waals surface area contributed by atoms with Gasteiger partial charge in [0.05, 0.1) is 16.6 Å². The van der Waals surface area contributed by atoms with Crippen LogP contribution in [0.4, 0.5) is 0 Å². The summed E-state index contributed by atoms with van der Waals surface area (Å²) in [4.78, 5) is 10.9. The van der Waals surface area contributed by atoms with Gasteiger partial charge in [-0.2, -0.15) is 0 Å². The molecule has 4 nitrogen and oxygen atoms in total. The van der Waals surface area contributed by atoms with Crippen molar-refractivity contribution in [1.29, 1.82) is 0 Å². The molecule has 1 rings (SSSR count). The molecule has 1 N–H and O–H groups in total. The molecule has 20 heavy (non-hydrogen) atoms. The summed E-state index contributed by atoms with van der Waals surface area (Å²) in [5, 5.41) is 8.29. The highest BCUT2D eigenvalue weighted by molar-refractivity contribution is 7.92. The minimum Gasteiger partial charge on any atom is -0.481 e. The third-order valence-corrected chi connectivity index (χ3v) is 4.81. The summed E-state index contributed by atoms with van der Waals surface area (Å²) >= 11 is 0. The molecule has 108 valence electrons. The van der Waals surface area contributed by atoms with E-state index in [4.69, 9.17) is 5.11 Å². The third-order valence-electron chi connectivity index (χ3n) is 2.68. The van der Waals surface area contributed by atoms with Crippen LogP contribution in [0.15, 0.2) is 23.1 Å². The molecule has 0 amide bonds. The normalized spacial score (nSPS) is 11.0. The topological polar surface area (TPSA) is 71.4 Å². The summed E-state index contributed by atoms with van der Waals surface area (Å²) in [5.41, 5.74) is 0.976. The molecule has 1 aromatic carbocycles. The molecule has 0 saturated heterocycles. The Bertz CT molecular complexity index is 661. The van der Waals surface area contributed by atoms with Crippen LogP contribution in [0.2, 0.25) is 0 Å². The van der Waals surface area contributed by atoms with Crippen molar-refractivity contribution in [2.75, 3.05) is 0 Å². The van der Waals surface area contributed by atoms with E-state index in [-0.39, 0.29) is 11.3 Å². The van der Waals surface area contributed by atoms with Crippen LogP contribution in [0, 0.1) is 11.8 Å². The van der Waals surface area contributed by atoms with E-state index in [9.17, 15) is 13.2 Å². The standard InChI is InChI=1S/C15H18O4S/c1-4-5-6-12-7-13(10-15(16)17)9-14(8-12)20(18,19)11(2)3/h7-9,11H,4,10H2,1-3H3,(H,16,17). The van der Waals surface area contributed by atoms with Gasteiger partial charge in [-0.15, -0.1) is 0 Å². The third kappa shape index (κ3) is 4.10. The van der Waals surface area contributed by atoms with Gasteiger partial charge < -0.3 is 5.11 Å². The first-order valence-corrected chi connectivity index (χ1v) is 7.90. The molecule has 0 fully saturated rings. The van der Waals surface area contributed by atoms with Crippen LogP contribution in [0.5, 0.6) is 0 Å². The number of sulfone groups is 1. The van der Waals surface area contributed by atoms with E-state index < -0.39 is 21.1 Å². The van der Waals surface area contributed by atoms with Gasteiger partial charge >= 0.3 is 5.97 Å². The number of carboxylic acids is 1. The van der Waals surface area contributed by atoms with Crippen LogP contribution >= 0.6 is 0 Å². The first kappa shape index (κ1) is 16.3. The highest BCUT2D eigenvalue weighted by Gasteiger charge is 2.20. The van der Waals surface area contributed by atoms with Gasteiger partial charge in [-0.05, 0) is 37.6 Å². The van der Waals surface area contributed by atoms with Gasteiger partial charge in [0.2, 0.25) is 0 Å². The molecule has 0 aliphatic carbocycles. The maximum atomic E-state index is 12.2. The summed E-state index contributed by atoms with van der Waals surface area (Å²) in [5.74, 6) is 4.71. The Hall–Kier alpha value is -1.80. The first-order valence-electron chi connectivity index (χ1n) is 6.36. The highest BCUT2D eigenvalue weighted by Crippen LogP contribution is 2.20. The lowest BCUT2D eigenvalue weighted by molar-refractivity contribution is -0.136. The van der Waals surface area contributed by atoms with E-state index >= 15 is 0 Å². The van der Waals surface area contributed by atoms with Crippen molar-refractivity contribution in [1.82, 2.24) is 0 Å². The van der Waals surface area contributed by atoms with E-state index in [1.54, 1.807) is 19.9 Å². The molecule has 0 atom stereocenters.